The van der Waals surface area contributed by atoms with Crippen LogP contribution in [0.3, 0.4) is 0 Å². The summed E-state index contributed by atoms with van der Waals surface area (Å²) in [6.45, 7) is 6.95. The molecule has 0 spiro atoms. The van der Waals surface area contributed by atoms with Crippen LogP contribution >= 0.6 is 11.6 Å². The van der Waals surface area contributed by atoms with E-state index in [2.05, 4.69) is 21.8 Å². The summed E-state index contributed by atoms with van der Waals surface area (Å²) < 4.78 is 1.60. The zero-order valence-electron chi connectivity index (χ0n) is 19.8. The summed E-state index contributed by atoms with van der Waals surface area (Å²) in [5, 5.41) is 28.7. The molecule has 0 saturated carbocycles. The van der Waals surface area contributed by atoms with Crippen molar-refractivity contribution < 1.29 is 19.5 Å². The number of nitrogens with one attached hydrogen (secondary N) is 2. The van der Waals surface area contributed by atoms with Crippen molar-refractivity contribution in [2.45, 2.75) is 46.3 Å². The summed E-state index contributed by atoms with van der Waals surface area (Å²) in [6.07, 6.45) is 0. The lowest BCUT2D eigenvalue weighted by atomic mass is 9.85. The molecule has 10 heteroatoms. The molecule has 9 nitrogen and oxygen atoms in total. The molecule has 0 aliphatic rings. The molecule has 35 heavy (non-hydrogen) atoms. The fourth-order valence-electron chi connectivity index (χ4n) is 3.57. The number of halogens is 1. The Bertz CT molecular complexity index is 1320. The molecule has 3 rings (SSSR count). The third-order valence-electron chi connectivity index (χ3n) is 5.48. The van der Waals surface area contributed by atoms with Crippen molar-refractivity contribution in [1.29, 1.82) is 5.26 Å². The predicted molar refractivity (Wildman–Crippen MR) is 131 cm³/mol. The first-order valence-corrected chi connectivity index (χ1v) is 11.3. The summed E-state index contributed by atoms with van der Waals surface area (Å²) in [5.74, 6) is -2.38. The van der Waals surface area contributed by atoms with E-state index < -0.39 is 35.3 Å². The number of carboxylic acids is 1. The van der Waals surface area contributed by atoms with E-state index in [0.29, 0.717) is 28.0 Å². The summed E-state index contributed by atoms with van der Waals surface area (Å²) in [6, 6.07) is 12.0. The number of fused-ring (bicyclic) bond motifs is 1. The smallest absolute Gasteiger partial charge is 0.325 e. The molecule has 0 unspecified atom stereocenters. The van der Waals surface area contributed by atoms with E-state index in [1.54, 1.807) is 67.9 Å². The van der Waals surface area contributed by atoms with Gasteiger partial charge in [-0.25, -0.2) is 0 Å². The van der Waals surface area contributed by atoms with E-state index in [4.69, 9.17) is 22.0 Å². The number of para-hydroxylation sites is 1. The Morgan fingerprint density at radius 1 is 1.14 bits per heavy atom. The third kappa shape index (κ3) is 5.78. The Kier molecular flexibility index (Phi) is 7.46. The Morgan fingerprint density at radius 3 is 2.37 bits per heavy atom. The highest BCUT2D eigenvalue weighted by Crippen LogP contribution is 2.28. The number of hydrogen-bond acceptors (Lipinski definition) is 5. The van der Waals surface area contributed by atoms with Crippen LogP contribution in [0.5, 0.6) is 0 Å². The molecule has 0 aliphatic heterocycles. The summed E-state index contributed by atoms with van der Waals surface area (Å²) in [5.41, 5.74) is 1.32. The summed E-state index contributed by atoms with van der Waals surface area (Å²) in [4.78, 5) is 37.3. The van der Waals surface area contributed by atoms with Crippen LogP contribution < -0.4 is 10.6 Å². The number of nitrogens with zero attached hydrogens (tertiary/aromatic N) is 3. The van der Waals surface area contributed by atoms with Gasteiger partial charge in [0.05, 0.1) is 28.7 Å². The second-order valence-corrected chi connectivity index (χ2v) is 9.70. The Hall–Kier alpha value is -3.90. The zero-order valence-corrected chi connectivity index (χ0v) is 20.6. The van der Waals surface area contributed by atoms with Crippen molar-refractivity contribution in [2.24, 2.45) is 5.41 Å². The van der Waals surface area contributed by atoms with Gasteiger partial charge in [0.1, 0.15) is 12.1 Å². The predicted octanol–water partition coefficient (Wildman–Crippen LogP) is 3.34. The number of carbonyl (C=O) groups is 3. The van der Waals surface area contributed by atoms with Crippen LogP contribution in [0.1, 0.15) is 49.3 Å². The van der Waals surface area contributed by atoms with Gasteiger partial charge in [0.15, 0.2) is 5.69 Å². The number of aromatic nitrogens is 2. The van der Waals surface area contributed by atoms with Gasteiger partial charge in [-0.2, -0.15) is 10.4 Å². The molecule has 2 atom stereocenters. The Morgan fingerprint density at radius 2 is 1.80 bits per heavy atom. The number of amides is 2. The minimum atomic E-state index is -1.18. The second kappa shape index (κ2) is 10.2. The average molecular weight is 496 g/mol. The van der Waals surface area contributed by atoms with Gasteiger partial charge in [0, 0.05) is 5.39 Å². The van der Waals surface area contributed by atoms with Gasteiger partial charge in [-0.15, -0.1) is 0 Å². The molecule has 2 amide bonds. The largest absolute Gasteiger partial charge is 0.480 e. The third-order valence-corrected chi connectivity index (χ3v) is 5.79. The number of carboxylic acid groups (broad SMARTS) is 1. The molecule has 0 fully saturated rings. The molecular formula is C25H26ClN5O4. The van der Waals surface area contributed by atoms with E-state index in [9.17, 15) is 14.4 Å². The molecule has 1 heterocycles. The zero-order chi connectivity index (χ0) is 25.9. The van der Waals surface area contributed by atoms with E-state index in [1.165, 1.54) is 6.92 Å². The summed E-state index contributed by atoms with van der Waals surface area (Å²) >= 11 is 6.45. The van der Waals surface area contributed by atoms with Crippen LogP contribution in [0, 0.1) is 16.7 Å². The number of aliphatic carboxylic acids is 1. The highest BCUT2D eigenvalue weighted by Gasteiger charge is 2.35. The van der Waals surface area contributed by atoms with Crippen molar-refractivity contribution in [3.8, 4) is 6.07 Å². The number of carbonyl (C=O) groups excluding carboxylic acids is 2. The van der Waals surface area contributed by atoms with Gasteiger partial charge in [-0.1, -0.05) is 56.6 Å². The molecule has 2 aromatic carbocycles. The van der Waals surface area contributed by atoms with Gasteiger partial charge in [-0.3, -0.25) is 19.1 Å². The molecule has 3 aromatic rings. The van der Waals surface area contributed by atoms with E-state index in [1.807, 2.05) is 0 Å². The van der Waals surface area contributed by atoms with Crippen LogP contribution in [0.2, 0.25) is 5.02 Å². The van der Waals surface area contributed by atoms with Gasteiger partial charge in [-0.05, 0) is 36.1 Å². The fourth-order valence-corrected chi connectivity index (χ4v) is 3.84. The van der Waals surface area contributed by atoms with Crippen LogP contribution in [0.15, 0.2) is 42.5 Å². The van der Waals surface area contributed by atoms with Crippen molar-refractivity contribution in [1.82, 2.24) is 20.4 Å². The first kappa shape index (κ1) is 25.7. The van der Waals surface area contributed by atoms with Crippen LogP contribution in [-0.4, -0.2) is 44.8 Å². The lowest BCUT2D eigenvalue weighted by Gasteiger charge is -2.30. The number of hydrogen-bond donors (Lipinski definition) is 3. The average Bonchev–Trinajstić information content (AvgIpc) is 3.16. The van der Waals surface area contributed by atoms with Crippen molar-refractivity contribution in [3.05, 3.63) is 64.3 Å². The standard InChI is InChI=1S/C25H26ClN5O4/c1-14(24(34)35)28-23(33)21(25(2,3)4)29-22(32)19-17-6-5-7-18(26)20(17)31(30-19)13-16-10-8-15(12-27)9-11-16/h5-11,14,21H,13H2,1-4H3,(H,28,33)(H,29,32)(H,34,35)/t14-,21-/m1/s1. The Labute approximate surface area is 207 Å². The van der Waals surface area contributed by atoms with Gasteiger partial charge in [0.2, 0.25) is 5.91 Å². The fraction of sp³-hybridized carbons (Fsp3) is 0.320. The molecule has 0 bridgehead atoms. The molecular weight excluding hydrogens is 470 g/mol. The second-order valence-electron chi connectivity index (χ2n) is 9.29. The van der Waals surface area contributed by atoms with Gasteiger partial charge >= 0.3 is 5.97 Å². The highest BCUT2D eigenvalue weighted by molar-refractivity contribution is 6.35. The van der Waals surface area contributed by atoms with Crippen LogP contribution in [-0.2, 0) is 16.1 Å². The molecule has 0 saturated heterocycles. The Balaban J connectivity index is 1.96. The van der Waals surface area contributed by atoms with Gasteiger partial charge in [0.25, 0.3) is 5.91 Å². The molecule has 3 N–H and O–H groups in total. The number of nitriles is 1. The molecule has 182 valence electrons. The maximum Gasteiger partial charge on any atom is 0.325 e. The maximum absolute atomic E-state index is 13.3. The first-order chi connectivity index (χ1) is 16.4. The topological polar surface area (TPSA) is 137 Å². The van der Waals surface area contributed by atoms with Crippen LogP contribution in [0.25, 0.3) is 10.9 Å². The minimum absolute atomic E-state index is 0.0875. The van der Waals surface area contributed by atoms with Gasteiger partial charge < -0.3 is 15.7 Å². The molecule has 1 aromatic heterocycles. The van der Waals surface area contributed by atoms with E-state index >= 15 is 0 Å². The maximum atomic E-state index is 13.3. The highest BCUT2D eigenvalue weighted by atomic mass is 35.5. The van der Waals surface area contributed by atoms with Crippen molar-refractivity contribution in [3.63, 3.8) is 0 Å². The molecule has 0 aliphatic carbocycles. The minimum Gasteiger partial charge on any atom is -0.480 e. The quantitative estimate of drug-likeness (QED) is 0.459. The first-order valence-electron chi connectivity index (χ1n) is 10.9. The lowest BCUT2D eigenvalue weighted by Crippen LogP contribution is -2.56. The normalized spacial score (nSPS) is 13.0. The molecule has 0 radical (unpaired) electrons. The van der Waals surface area contributed by atoms with E-state index in [-0.39, 0.29) is 5.69 Å². The summed E-state index contributed by atoms with van der Waals surface area (Å²) in [7, 11) is 0. The number of rotatable bonds is 7. The number of benzene rings is 2. The SMILES string of the molecule is C[C@@H](NC(=O)[C@@H](NC(=O)c1nn(Cc2ccc(C#N)cc2)c2c(Cl)cccc12)C(C)(C)C)C(=O)O. The van der Waals surface area contributed by atoms with Crippen molar-refractivity contribution >= 4 is 40.3 Å². The lowest BCUT2D eigenvalue weighted by molar-refractivity contribution is -0.142. The van der Waals surface area contributed by atoms with Crippen molar-refractivity contribution in [2.75, 3.05) is 0 Å². The monoisotopic (exact) mass is 495 g/mol. The van der Waals surface area contributed by atoms with E-state index in [0.717, 1.165) is 5.56 Å². The van der Waals surface area contributed by atoms with Crippen LogP contribution in [0.4, 0.5) is 0 Å².